The van der Waals surface area contributed by atoms with Gasteiger partial charge in [-0.2, -0.15) is 5.10 Å². The second-order valence-corrected chi connectivity index (χ2v) is 6.67. The first-order valence-electron chi connectivity index (χ1n) is 8.15. The molecule has 1 saturated carbocycles. The molecule has 1 aliphatic rings. The van der Waals surface area contributed by atoms with Crippen molar-refractivity contribution in [2.24, 2.45) is 0 Å². The molecule has 0 bridgehead atoms. The van der Waals surface area contributed by atoms with Crippen molar-refractivity contribution in [3.05, 3.63) is 24.3 Å². The second kappa shape index (κ2) is 6.07. The van der Waals surface area contributed by atoms with Crippen LogP contribution in [0.4, 0.5) is 5.95 Å². The maximum atomic E-state index is 4.88. The fourth-order valence-corrected chi connectivity index (χ4v) is 3.10. The molecule has 2 heterocycles. The van der Waals surface area contributed by atoms with E-state index in [1.807, 2.05) is 31.4 Å². The number of aromatic nitrogens is 4. The van der Waals surface area contributed by atoms with Crippen LogP contribution in [0, 0.1) is 0 Å². The lowest BCUT2D eigenvalue weighted by Gasteiger charge is -2.10. The molecule has 0 atom stereocenters. The molecule has 2 aromatic rings. The fourth-order valence-electron chi connectivity index (χ4n) is 3.10. The van der Waals surface area contributed by atoms with E-state index in [1.165, 1.54) is 31.2 Å². The zero-order valence-electron chi connectivity index (χ0n) is 14.0. The Balaban J connectivity index is 1.97. The van der Waals surface area contributed by atoms with E-state index in [-0.39, 0.29) is 0 Å². The van der Waals surface area contributed by atoms with Gasteiger partial charge in [-0.3, -0.25) is 4.68 Å². The predicted octanol–water partition coefficient (Wildman–Crippen LogP) is 3.64. The van der Waals surface area contributed by atoms with E-state index < -0.39 is 0 Å². The van der Waals surface area contributed by atoms with Crippen LogP contribution in [-0.2, 0) is 0 Å². The quantitative estimate of drug-likeness (QED) is 0.864. The molecule has 0 aromatic carbocycles. The topological polar surface area (TPSA) is 46.8 Å². The summed E-state index contributed by atoms with van der Waals surface area (Å²) in [5, 5.41) is 4.88. The lowest BCUT2D eigenvalue weighted by molar-refractivity contribution is 0.461. The third-order valence-corrected chi connectivity index (χ3v) is 4.36. The third-order valence-electron chi connectivity index (χ3n) is 4.36. The van der Waals surface area contributed by atoms with Gasteiger partial charge in [0.1, 0.15) is 0 Å². The van der Waals surface area contributed by atoms with E-state index in [0.717, 1.165) is 17.2 Å². The van der Waals surface area contributed by atoms with Gasteiger partial charge < -0.3 is 4.90 Å². The minimum absolute atomic E-state index is 0.395. The van der Waals surface area contributed by atoms with Crippen LogP contribution < -0.4 is 4.90 Å². The highest BCUT2D eigenvalue weighted by Gasteiger charge is 2.22. The smallest absolute Gasteiger partial charge is 0.224 e. The van der Waals surface area contributed by atoms with Crippen molar-refractivity contribution in [3.8, 4) is 11.1 Å². The average molecular weight is 299 g/mol. The monoisotopic (exact) mass is 299 g/mol. The first kappa shape index (κ1) is 15.0. The standard InChI is InChI=1S/C17H25N5/c1-12(2)16-15(11-22(20-16)14-7-5-6-8-14)13-9-18-17(19-10-13)21(3)4/h9-12,14H,5-8H2,1-4H3. The van der Waals surface area contributed by atoms with Gasteiger partial charge in [-0.15, -0.1) is 0 Å². The van der Waals surface area contributed by atoms with E-state index in [0.29, 0.717) is 12.0 Å². The van der Waals surface area contributed by atoms with Gasteiger partial charge >= 0.3 is 0 Å². The normalized spacial score (nSPS) is 15.7. The molecule has 0 saturated heterocycles. The van der Waals surface area contributed by atoms with E-state index in [1.54, 1.807) is 0 Å². The molecule has 0 N–H and O–H groups in total. The average Bonchev–Trinajstić information content (AvgIpc) is 3.16. The maximum absolute atomic E-state index is 4.88. The molecular formula is C17H25N5. The van der Waals surface area contributed by atoms with Crippen LogP contribution in [0.3, 0.4) is 0 Å². The Morgan fingerprint density at radius 2 is 1.77 bits per heavy atom. The van der Waals surface area contributed by atoms with Gasteiger partial charge in [0.2, 0.25) is 5.95 Å². The molecule has 2 aromatic heterocycles. The SMILES string of the molecule is CC(C)c1nn(C2CCCC2)cc1-c1cnc(N(C)C)nc1. The number of hydrogen-bond donors (Lipinski definition) is 0. The number of anilines is 1. The van der Waals surface area contributed by atoms with E-state index in [9.17, 15) is 0 Å². The number of rotatable bonds is 4. The van der Waals surface area contributed by atoms with Crippen molar-refractivity contribution in [2.75, 3.05) is 19.0 Å². The van der Waals surface area contributed by atoms with E-state index in [2.05, 4.69) is 34.7 Å². The van der Waals surface area contributed by atoms with Crippen LogP contribution in [0.15, 0.2) is 18.6 Å². The molecule has 0 aliphatic heterocycles. The van der Waals surface area contributed by atoms with Crippen molar-refractivity contribution in [1.82, 2.24) is 19.7 Å². The summed E-state index contributed by atoms with van der Waals surface area (Å²) in [7, 11) is 3.90. The van der Waals surface area contributed by atoms with Crippen molar-refractivity contribution >= 4 is 5.95 Å². The lowest BCUT2D eigenvalue weighted by atomic mass is 10.0. The van der Waals surface area contributed by atoms with Crippen molar-refractivity contribution in [2.45, 2.75) is 51.5 Å². The first-order chi connectivity index (χ1) is 10.6. The van der Waals surface area contributed by atoms with Crippen LogP contribution in [0.2, 0.25) is 0 Å². The summed E-state index contributed by atoms with van der Waals surface area (Å²) < 4.78 is 2.18. The second-order valence-electron chi connectivity index (χ2n) is 6.67. The van der Waals surface area contributed by atoms with Crippen LogP contribution in [0.25, 0.3) is 11.1 Å². The Kier molecular flexibility index (Phi) is 4.14. The summed E-state index contributed by atoms with van der Waals surface area (Å²) in [6, 6.07) is 0.563. The maximum Gasteiger partial charge on any atom is 0.224 e. The third kappa shape index (κ3) is 2.85. The Labute approximate surface area is 132 Å². The summed E-state index contributed by atoms with van der Waals surface area (Å²) in [5.74, 6) is 1.13. The van der Waals surface area contributed by atoms with Gasteiger partial charge in [-0.05, 0) is 18.8 Å². The molecule has 0 unspecified atom stereocenters. The zero-order valence-corrected chi connectivity index (χ0v) is 14.0. The summed E-state index contributed by atoms with van der Waals surface area (Å²) >= 11 is 0. The largest absolute Gasteiger partial charge is 0.347 e. The van der Waals surface area contributed by atoms with Crippen molar-refractivity contribution in [3.63, 3.8) is 0 Å². The number of nitrogens with zero attached hydrogens (tertiary/aromatic N) is 5. The molecule has 5 heteroatoms. The lowest BCUT2D eigenvalue weighted by Crippen LogP contribution is -2.12. The highest BCUT2D eigenvalue weighted by Crippen LogP contribution is 2.34. The molecule has 5 nitrogen and oxygen atoms in total. The van der Waals surface area contributed by atoms with Gasteiger partial charge in [-0.1, -0.05) is 26.7 Å². The van der Waals surface area contributed by atoms with Gasteiger partial charge in [0.05, 0.1) is 11.7 Å². The van der Waals surface area contributed by atoms with E-state index in [4.69, 9.17) is 5.10 Å². The van der Waals surface area contributed by atoms with Crippen LogP contribution in [0.1, 0.15) is 57.2 Å². The molecule has 118 valence electrons. The van der Waals surface area contributed by atoms with E-state index >= 15 is 0 Å². The van der Waals surface area contributed by atoms with Crippen LogP contribution in [-0.4, -0.2) is 33.8 Å². The predicted molar refractivity (Wildman–Crippen MR) is 89.2 cm³/mol. The van der Waals surface area contributed by atoms with Gasteiger partial charge in [0.15, 0.2) is 0 Å². The Morgan fingerprint density at radius 1 is 1.14 bits per heavy atom. The highest BCUT2D eigenvalue weighted by atomic mass is 15.3. The van der Waals surface area contributed by atoms with Crippen LogP contribution in [0.5, 0.6) is 0 Å². The number of hydrogen-bond acceptors (Lipinski definition) is 4. The Bertz CT molecular complexity index is 621. The minimum atomic E-state index is 0.395. The van der Waals surface area contributed by atoms with Crippen molar-refractivity contribution in [1.29, 1.82) is 0 Å². The summed E-state index contributed by atoms with van der Waals surface area (Å²) in [4.78, 5) is 10.8. The summed E-state index contributed by atoms with van der Waals surface area (Å²) in [5.41, 5.74) is 3.37. The molecular weight excluding hydrogens is 274 g/mol. The van der Waals surface area contributed by atoms with Gasteiger partial charge in [-0.25, -0.2) is 9.97 Å². The Morgan fingerprint density at radius 3 is 2.32 bits per heavy atom. The Hall–Kier alpha value is -1.91. The van der Waals surface area contributed by atoms with Crippen LogP contribution >= 0.6 is 0 Å². The minimum Gasteiger partial charge on any atom is -0.347 e. The molecule has 1 fully saturated rings. The fraction of sp³-hybridized carbons (Fsp3) is 0.588. The molecule has 22 heavy (non-hydrogen) atoms. The zero-order chi connectivity index (χ0) is 15.7. The van der Waals surface area contributed by atoms with Crippen molar-refractivity contribution < 1.29 is 0 Å². The summed E-state index contributed by atoms with van der Waals surface area (Å²) in [6.07, 6.45) is 11.1. The molecule has 1 aliphatic carbocycles. The molecule has 0 spiro atoms. The molecule has 0 amide bonds. The summed E-state index contributed by atoms with van der Waals surface area (Å²) in [6.45, 7) is 4.39. The van der Waals surface area contributed by atoms with Gasteiger partial charge in [0, 0.05) is 43.8 Å². The van der Waals surface area contributed by atoms with Gasteiger partial charge in [0.25, 0.3) is 0 Å². The molecule has 0 radical (unpaired) electrons. The highest BCUT2D eigenvalue weighted by molar-refractivity contribution is 5.64. The first-order valence-corrected chi connectivity index (χ1v) is 8.15. The molecule has 3 rings (SSSR count).